The summed E-state index contributed by atoms with van der Waals surface area (Å²) in [5.41, 5.74) is 2.59. The number of unbranched alkanes of at least 4 members (excludes halogenated alkanes) is 1. The van der Waals surface area contributed by atoms with Crippen LogP contribution in [0.2, 0.25) is 0 Å². The van der Waals surface area contributed by atoms with Crippen molar-refractivity contribution in [1.82, 2.24) is 19.4 Å². The number of ether oxygens (including phenoxy) is 4. The van der Waals surface area contributed by atoms with Gasteiger partial charge in [0.15, 0.2) is 5.75 Å². The minimum Gasteiger partial charge on any atom is -0.493 e. The normalized spacial score (nSPS) is 13.5. The van der Waals surface area contributed by atoms with E-state index < -0.39 is 0 Å². The molecule has 0 bridgehead atoms. The van der Waals surface area contributed by atoms with Crippen LogP contribution in [0.3, 0.4) is 0 Å². The van der Waals surface area contributed by atoms with E-state index in [4.69, 9.17) is 23.9 Å². The molecule has 1 aliphatic heterocycles. The average molecular weight is 632 g/mol. The predicted molar refractivity (Wildman–Crippen MR) is 182 cm³/mol. The van der Waals surface area contributed by atoms with E-state index in [0.29, 0.717) is 49.2 Å². The van der Waals surface area contributed by atoms with Crippen LogP contribution in [0.25, 0.3) is 22.4 Å². The molecule has 8 nitrogen and oxygen atoms in total. The highest BCUT2D eigenvalue weighted by atomic mass is 19.1. The highest BCUT2D eigenvalue weighted by Crippen LogP contribution is 2.40. The third-order valence-corrected chi connectivity index (χ3v) is 8.04. The van der Waals surface area contributed by atoms with Crippen LogP contribution < -0.4 is 18.9 Å². The van der Waals surface area contributed by atoms with Crippen molar-refractivity contribution in [2.45, 2.75) is 52.0 Å². The molecule has 1 radical (unpaired) electrons. The Kier molecular flexibility index (Phi) is 12.1. The second-order valence-electron chi connectivity index (χ2n) is 12.1. The van der Waals surface area contributed by atoms with Gasteiger partial charge in [0, 0.05) is 43.9 Å². The summed E-state index contributed by atoms with van der Waals surface area (Å²) in [6.45, 7) is 12.5. The van der Waals surface area contributed by atoms with Gasteiger partial charge in [-0.05, 0) is 90.5 Å². The molecule has 0 amide bonds. The summed E-state index contributed by atoms with van der Waals surface area (Å²) in [6.07, 6.45) is 6.02. The molecule has 2 heterocycles. The molecule has 0 atom stereocenters. The summed E-state index contributed by atoms with van der Waals surface area (Å²) in [4.78, 5) is 9.78. The van der Waals surface area contributed by atoms with Gasteiger partial charge in [-0.3, -0.25) is 4.90 Å². The molecule has 0 unspecified atom stereocenters. The molecule has 1 saturated heterocycles. The van der Waals surface area contributed by atoms with Crippen LogP contribution in [0.4, 0.5) is 4.39 Å². The SMILES string of the molecule is [CH2]CCOc1cc(OCCCN(C)C)cc2c1nc(-c1ccc(Oc3cccc(F)c3)cc1OCCN1CCCC1)n2CCCC. The highest BCUT2D eigenvalue weighted by molar-refractivity contribution is 5.88. The van der Waals surface area contributed by atoms with E-state index in [2.05, 4.69) is 48.4 Å². The third-order valence-electron chi connectivity index (χ3n) is 8.04. The van der Waals surface area contributed by atoms with Crippen LogP contribution in [-0.2, 0) is 6.54 Å². The number of benzene rings is 3. The minimum absolute atomic E-state index is 0.348. The first-order valence-corrected chi connectivity index (χ1v) is 16.6. The summed E-state index contributed by atoms with van der Waals surface area (Å²) in [7, 11) is 4.13. The summed E-state index contributed by atoms with van der Waals surface area (Å²) >= 11 is 0. The molecule has 1 aliphatic rings. The first kappa shape index (κ1) is 33.5. The van der Waals surface area contributed by atoms with Crippen molar-refractivity contribution >= 4 is 11.0 Å². The fourth-order valence-corrected chi connectivity index (χ4v) is 5.69. The van der Waals surface area contributed by atoms with Crippen LogP contribution in [0.15, 0.2) is 54.6 Å². The number of hydrogen-bond acceptors (Lipinski definition) is 7. The van der Waals surface area contributed by atoms with Gasteiger partial charge in [0.1, 0.15) is 46.8 Å². The molecule has 0 aliphatic carbocycles. The van der Waals surface area contributed by atoms with Crippen molar-refractivity contribution in [1.29, 1.82) is 0 Å². The van der Waals surface area contributed by atoms with Crippen molar-refractivity contribution in [3.05, 3.63) is 67.3 Å². The van der Waals surface area contributed by atoms with Gasteiger partial charge >= 0.3 is 0 Å². The number of aryl methyl sites for hydroxylation is 1. The van der Waals surface area contributed by atoms with Gasteiger partial charge in [-0.2, -0.15) is 0 Å². The molecule has 3 aromatic carbocycles. The molecule has 0 saturated carbocycles. The lowest BCUT2D eigenvalue weighted by molar-refractivity contribution is 0.238. The van der Waals surface area contributed by atoms with Crippen LogP contribution >= 0.6 is 0 Å². The molecule has 9 heteroatoms. The van der Waals surface area contributed by atoms with Crippen LogP contribution in [-0.4, -0.2) is 79.4 Å². The van der Waals surface area contributed by atoms with E-state index in [-0.39, 0.29) is 5.82 Å². The van der Waals surface area contributed by atoms with Crippen molar-refractivity contribution < 1.29 is 23.3 Å². The third kappa shape index (κ3) is 8.91. The van der Waals surface area contributed by atoms with Gasteiger partial charge in [-0.25, -0.2) is 9.37 Å². The van der Waals surface area contributed by atoms with E-state index in [9.17, 15) is 4.39 Å². The molecule has 247 valence electrons. The number of hydrogen-bond donors (Lipinski definition) is 0. The van der Waals surface area contributed by atoms with Gasteiger partial charge in [-0.1, -0.05) is 19.4 Å². The van der Waals surface area contributed by atoms with Gasteiger partial charge in [-0.15, -0.1) is 0 Å². The average Bonchev–Trinajstić information content (AvgIpc) is 3.69. The van der Waals surface area contributed by atoms with E-state index in [1.165, 1.54) is 25.0 Å². The fourth-order valence-electron chi connectivity index (χ4n) is 5.69. The zero-order valence-electron chi connectivity index (χ0n) is 27.6. The zero-order chi connectivity index (χ0) is 32.3. The van der Waals surface area contributed by atoms with E-state index in [1.54, 1.807) is 12.1 Å². The van der Waals surface area contributed by atoms with E-state index in [0.717, 1.165) is 80.2 Å². The van der Waals surface area contributed by atoms with Crippen molar-refractivity contribution in [2.24, 2.45) is 0 Å². The summed E-state index contributed by atoms with van der Waals surface area (Å²) in [5, 5.41) is 0. The standard InChI is InChI=1S/C37H48FN4O4/c1-5-7-19-42-33-25-31(43-22-11-16-40(3)4)27-35(44-21-6-2)36(33)39-37(42)32-15-14-30(46-29-13-10-12-28(38)24-29)26-34(32)45-23-20-41-17-8-9-18-41/h10,12-15,24-27H,2,5-9,11,16-23H2,1,3-4H3. The molecule has 1 fully saturated rings. The zero-order valence-corrected chi connectivity index (χ0v) is 27.6. The number of aromatic nitrogens is 2. The van der Waals surface area contributed by atoms with Crippen LogP contribution in [0.1, 0.15) is 45.4 Å². The summed E-state index contributed by atoms with van der Waals surface area (Å²) < 4.78 is 41.1. The Labute approximate surface area is 273 Å². The van der Waals surface area contributed by atoms with E-state index >= 15 is 0 Å². The smallest absolute Gasteiger partial charge is 0.150 e. The number of likely N-dealkylation sites (tertiary alicyclic amines) is 1. The minimum atomic E-state index is -0.348. The first-order chi connectivity index (χ1) is 22.4. The molecular formula is C37H48FN4O4. The number of fused-ring (bicyclic) bond motifs is 1. The highest BCUT2D eigenvalue weighted by Gasteiger charge is 2.22. The maximum Gasteiger partial charge on any atom is 0.150 e. The van der Waals surface area contributed by atoms with Gasteiger partial charge < -0.3 is 28.4 Å². The Bertz CT molecular complexity index is 1550. The van der Waals surface area contributed by atoms with Crippen molar-refractivity contribution in [3.8, 4) is 40.1 Å². The molecule has 46 heavy (non-hydrogen) atoms. The fraction of sp³-hybridized carbons (Fsp3) is 0.459. The van der Waals surface area contributed by atoms with E-state index in [1.807, 2.05) is 24.3 Å². The quantitative estimate of drug-likeness (QED) is 0.104. The lowest BCUT2D eigenvalue weighted by atomic mass is 10.1. The largest absolute Gasteiger partial charge is 0.493 e. The number of imidazole rings is 1. The molecule has 5 rings (SSSR count). The Hall–Kier alpha value is -3.82. The Balaban J connectivity index is 1.54. The Morgan fingerprint density at radius 2 is 1.63 bits per heavy atom. The second-order valence-corrected chi connectivity index (χ2v) is 12.1. The summed E-state index contributed by atoms with van der Waals surface area (Å²) in [5.74, 6) is 3.55. The topological polar surface area (TPSA) is 61.2 Å². The van der Waals surface area contributed by atoms with Crippen molar-refractivity contribution in [2.75, 3.05) is 60.1 Å². The predicted octanol–water partition coefficient (Wildman–Crippen LogP) is 7.84. The van der Waals surface area contributed by atoms with Crippen molar-refractivity contribution in [3.63, 3.8) is 0 Å². The Morgan fingerprint density at radius 3 is 2.39 bits per heavy atom. The molecule has 1 aromatic heterocycles. The summed E-state index contributed by atoms with van der Waals surface area (Å²) in [6, 6.07) is 15.9. The van der Waals surface area contributed by atoms with Crippen LogP contribution in [0, 0.1) is 12.7 Å². The van der Waals surface area contributed by atoms with Gasteiger partial charge in [0.05, 0.1) is 24.3 Å². The maximum absolute atomic E-state index is 13.9. The molecular weight excluding hydrogens is 583 g/mol. The Morgan fingerprint density at radius 1 is 0.848 bits per heavy atom. The lowest BCUT2D eigenvalue weighted by Crippen LogP contribution is -2.25. The molecule has 0 N–H and O–H groups in total. The van der Waals surface area contributed by atoms with Gasteiger partial charge in [0.25, 0.3) is 0 Å². The second kappa shape index (κ2) is 16.7. The molecule has 0 spiro atoms. The van der Waals surface area contributed by atoms with Gasteiger partial charge in [0.2, 0.25) is 0 Å². The number of halogens is 1. The number of nitrogens with zero attached hydrogens (tertiary/aromatic N) is 4. The first-order valence-electron chi connectivity index (χ1n) is 16.6. The van der Waals surface area contributed by atoms with Crippen LogP contribution in [0.5, 0.6) is 28.7 Å². The maximum atomic E-state index is 13.9. The lowest BCUT2D eigenvalue weighted by Gasteiger charge is -2.18. The molecule has 4 aromatic rings. The monoisotopic (exact) mass is 631 g/mol. The number of rotatable bonds is 18.